The van der Waals surface area contributed by atoms with E-state index in [1.54, 1.807) is 24.3 Å². The monoisotopic (exact) mass is 279 g/mol. The zero-order valence-corrected chi connectivity index (χ0v) is 11.7. The second-order valence-corrected chi connectivity index (χ2v) is 5.23. The van der Waals surface area contributed by atoms with E-state index in [-0.39, 0.29) is 11.2 Å². The second-order valence-electron chi connectivity index (χ2n) is 5.23. The summed E-state index contributed by atoms with van der Waals surface area (Å²) in [5, 5.41) is 12.3. The Morgan fingerprint density at radius 3 is 3.00 bits per heavy atom. The average Bonchev–Trinajstić information content (AvgIpc) is 2.86. The van der Waals surface area contributed by atoms with Crippen LogP contribution in [0.5, 0.6) is 5.75 Å². The summed E-state index contributed by atoms with van der Waals surface area (Å²) in [5.74, 6) is -0.564. The van der Waals surface area contributed by atoms with Gasteiger partial charge in [0.05, 0.1) is 5.60 Å². The average molecular weight is 279 g/mol. The standard InChI is InChI=1S/C15H21NO4/c1-15(7-4-9-20-15)11-16-8-10-19-13-6-3-2-5-12(13)14(17)18/h2-3,5-6,16H,4,7-11H2,1H3,(H,17,18). The van der Waals surface area contributed by atoms with Gasteiger partial charge in [0.25, 0.3) is 0 Å². The number of ether oxygens (including phenoxy) is 2. The molecule has 2 N–H and O–H groups in total. The first-order valence-electron chi connectivity index (χ1n) is 6.90. The van der Waals surface area contributed by atoms with E-state index in [0.717, 1.165) is 26.0 Å². The summed E-state index contributed by atoms with van der Waals surface area (Å²) in [7, 11) is 0. The van der Waals surface area contributed by atoms with Crippen molar-refractivity contribution >= 4 is 5.97 Å². The number of carbonyl (C=O) groups is 1. The molecule has 0 aromatic heterocycles. The first-order chi connectivity index (χ1) is 9.61. The first-order valence-corrected chi connectivity index (χ1v) is 6.90. The van der Waals surface area contributed by atoms with E-state index in [4.69, 9.17) is 14.6 Å². The zero-order chi connectivity index (χ0) is 14.4. The normalized spacial score (nSPS) is 21.9. The minimum atomic E-state index is -0.972. The lowest BCUT2D eigenvalue weighted by Crippen LogP contribution is -2.38. The maximum atomic E-state index is 11.0. The third-order valence-corrected chi connectivity index (χ3v) is 3.45. The molecule has 0 saturated carbocycles. The SMILES string of the molecule is CC1(CNCCOc2ccccc2C(=O)O)CCCO1. The van der Waals surface area contributed by atoms with Crippen LogP contribution in [0.3, 0.4) is 0 Å². The Bertz CT molecular complexity index is 455. The van der Waals surface area contributed by atoms with Gasteiger partial charge in [0.15, 0.2) is 0 Å². The number of para-hydroxylation sites is 1. The lowest BCUT2D eigenvalue weighted by atomic mass is 10.0. The van der Waals surface area contributed by atoms with Crippen molar-refractivity contribution in [3.63, 3.8) is 0 Å². The Morgan fingerprint density at radius 2 is 2.30 bits per heavy atom. The number of carboxylic acids is 1. The molecule has 1 aliphatic rings. The molecule has 1 atom stereocenters. The summed E-state index contributed by atoms with van der Waals surface area (Å²) in [6.07, 6.45) is 2.18. The molecule has 1 unspecified atom stereocenters. The van der Waals surface area contributed by atoms with Crippen LogP contribution in [0.25, 0.3) is 0 Å². The van der Waals surface area contributed by atoms with Crippen molar-refractivity contribution in [1.29, 1.82) is 0 Å². The van der Waals surface area contributed by atoms with Crippen molar-refractivity contribution in [2.75, 3.05) is 26.3 Å². The molecule has 0 bridgehead atoms. The van der Waals surface area contributed by atoms with Crippen molar-refractivity contribution < 1.29 is 19.4 Å². The van der Waals surface area contributed by atoms with E-state index in [2.05, 4.69) is 12.2 Å². The van der Waals surface area contributed by atoms with Gasteiger partial charge in [-0.25, -0.2) is 4.79 Å². The molecule has 5 heteroatoms. The van der Waals surface area contributed by atoms with Gasteiger partial charge >= 0.3 is 5.97 Å². The first kappa shape index (κ1) is 14.8. The molecule has 20 heavy (non-hydrogen) atoms. The van der Waals surface area contributed by atoms with Crippen LogP contribution in [-0.2, 0) is 4.74 Å². The van der Waals surface area contributed by atoms with Crippen LogP contribution < -0.4 is 10.1 Å². The predicted octanol–water partition coefficient (Wildman–Crippen LogP) is 1.92. The van der Waals surface area contributed by atoms with E-state index in [1.807, 2.05) is 0 Å². The molecule has 0 amide bonds. The van der Waals surface area contributed by atoms with Crippen LogP contribution in [0.4, 0.5) is 0 Å². The molecule has 1 fully saturated rings. The zero-order valence-electron chi connectivity index (χ0n) is 11.7. The van der Waals surface area contributed by atoms with Gasteiger partial charge in [0, 0.05) is 19.7 Å². The van der Waals surface area contributed by atoms with Crippen LogP contribution in [0.1, 0.15) is 30.1 Å². The maximum absolute atomic E-state index is 11.0. The van der Waals surface area contributed by atoms with Gasteiger partial charge in [-0.15, -0.1) is 0 Å². The Kier molecular flexibility index (Phi) is 4.98. The van der Waals surface area contributed by atoms with Gasteiger partial charge < -0.3 is 19.9 Å². The molecule has 1 heterocycles. The van der Waals surface area contributed by atoms with Gasteiger partial charge in [0.2, 0.25) is 0 Å². The Morgan fingerprint density at radius 1 is 1.50 bits per heavy atom. The molecule has 0 radical (unpaired) electrons. The van der Waals surface area contributed by atoms with E-state index >= 15 is 0 Å². The second kappa shape index (κ2) is 6.72. The van der Waals surface area contributed by atoms with Gasteiger partial charge in [-0.1, -0.05) is 12.1 Å². The van der Waals surface area contributed by atoms with Crippen molar-refractivity contribution in [2.45, 2.75) is 25.4 Å². The van der Waals surface area contributed by atoms with Crippen LogP contribution in [0.15, 0.2) is 24.3 Å². The van der Waals surface area contributed by atoms with Crippen LogP contribution in [0.2, 0.25) is 0 Å². The topological polar surface area (TPSA) is 67.8 Å². The molecule has 110 valence electrons. The molecule has 0 spiro atoms. The van der Waals surface area contributed by atoms with Crippen molar-refractivity contribution in [3.05, 3.63) is 29.8 Å². The molecular formula is C15H21NO4. The number of carboxylic acid groups (broad SMARTS) is 1. The van der Waals surface area contributed by atoms with Crippen molar-refractivity contribution in [3.8, 4) is 5.75 Å². The molecular weight excluding hydrogens is 258 g/mol. The van der Waals surface area contributed by atoms with Crippen LogP contribution >= 0.6 is 0 Å². The fourth-order valence-electron chi connectivity index (χ4n) is 2.33. The summed E-state index contributed by atoms with van der Waals surface area (Å²) >= 11 is 0. The van der Waals surface area contributed by atoms with Gasteiger partial charge in [-0.3, -0.25) is 0 Å². The lowest BCUT2D eigenvalue weighted by Gasteiger charge is -2.23. The highest BCUT2D eigenvalue weighted by atomic mass is 16.5. The highest BCUT2D eigenvalue weighted by molar-refractivity contribution is 5.90. The molecule has 1 aromatic rings. The summed E-state index contributed by atoms with van der Waals surface area (Å²) in [6, 6.07) is 6.67. The predicted molar refractivity (Wildman–Crippen MR) is 75.4 cm³/mol. The Hall–Kier alpha value is -1.59. The smallest absolute Gasteiger partial charge is 0.339 e. The summed E-state index contributed by atoms with van der Waals surface area (Å²) in [4.78, 5) is 11.0. The molecule has 1 saturated heterocycles. The number of hydrogen-bond donors (Lipinski definition) is 2. The number of rotatable bonds is 7. The van der Waals surface area contributed by atoms with Gasteiger partial charge in [-0.05, 0) is 31.9 Å². The third-order valence-electron chi connectivity index (χ3n) is 3.45. The molecule has 1 aromatic carbocycles. The number of benzene rings is 1. The Labute approximate surface area is 118 Å². The van der Waals surface area contributed by atoms with E-state index < -0.39 is 5.97 Å². The summed E-state index contributed by atoms with van der Waals surface area (Å²) in [5.41, 5.74) is 0.123. The highest BCUT2D eigenvalue weighted by Crippen LogP contribution is 2.23. The molecule has 5 nitrogen and oxygen atoms in total. The quantitative estimate of drug-likeness (QED) is 0.746. The highest BCUT2D eigenvalue weighted by Gasteiger charge is 2.28. The number of aromatic carboxylic acids is 1. The largest absolute Gasteiger partial charge is 0.491 e. The Balaban J connectivity index is 1.72. The molecule has 1 aliphatic heterocycles. The fourth-order valence-corrected chi connectivity index (χ4v) is 2.33. The molecule has 0 aliphatic carbocycles. The summed E-state index contributed by atoms with van der Waals surface area (Å²) < 4.78 is 11.2. The third kappa shape index (κ3) is 3.95. The maximum Gasteiger partial charge on any atom is 0.339 e. The molecule has 2 rings (SSSR count). The van der Waals surface area contributed by atoms with Crippen LogP contribution in [-0.4, -0.2) is 43.0 Å². The minimum absolute atomic E-state index is 0.0705. The van der Waals surface area contributed by atoms with Crippen molar-refractivity contribution in [2.24, 2.45) is 0 Å². The van der Waals surface area contributed by atoms with Crippen molar-refractivity contribution in [1.82, 2.24) is 5.32 Å². The number of hydrogen-bond acceptors (Lipinski definition) is 4. The van der Waals surface area contributed by atoms with Gasteiger partial charge in [-0.2, -0.15) is 0 Å². The minimum Gasteiger partial charge on any atom is -0.491 e. The fraction of sp³-hybridized carbons (Fsp3) is 0.533. The lowest BCUT2D eigenvalue weighted by molar-refractivity contribution is 0.0205. The van der Waals surface area contributed by atoms with E-state index in [1.165, 1.54) is 0 Å². The summed E-state index contributed by atoms with van der Waals surface area (Å²) in [6.45, 7) is 4.82. The van der Waals surface area contributed by atoms with E-state index in [9.17, 15) is 4.79 Å². The van der Waals surface area contributed by atoms with E-state index in [0.29, 0.717) is 18.9 Å². The van der Waals surface area contributed by atoms with Gasteiger partial charge in [0.1, 0.15) is 17.9 Å². The number of nitrogens with one attached hydrogen (secondary N) is 1. The van der Waals surface area contributed by atoms with Crippen LogP contribution in [0, 0.1) is 0 Å².